The first-order valence-electron chi connectivity index (χ1n) is 10.5. The van der Waals surface area contributed by atoms with Crippen molar-refractivity contribution in [3.63, 3.8) is 0 Å². The second-order valence-corrected chi connectivity index (χ2v) is 7.89. The van der Waals surface area contributed by atoms with E-state index in [2.05, 4.69) is 15.9 Å². The van der Waals surface area contributed by atoms with Gasteiger partial charge in [-0.05, 0) is 56.8 Å². The minimum atomic E-state index is 0.231. The largest absolute Gasteiger partial charge is 0.478 e. The monoisotopic (exact) mass is 357 g/mol. The van der Waals surface area contributed by atoms with Gasteiger partial charge in [-0.15, -0.1) is 0 Å². The molecule has 1 amide bonds. The Balaban J connectivity index is 1.33. The van der Waals surface area contributed by atoms with E-state index in [1.54, 1.807) is 0 Å². The Bertz CT molecular complexity index is 628. The maximum absolute atomic E-state index is 12.3. The fourth-order valence-electron chi connectivity index (χ4n) is 4.64. The van der Waals surface area contributed by atoms with Gasteiger partial charge in [0.2, 0.25) is 11.8 Å². The number of likely N-dealkylation sites (tertiary alicyclic amines) is 1. The van der Waals surface area contributed by atoms with Gasteiger partial charge in [0.15, 0.2) is 0 Å². The van der Waals surface area contributed by atoms with Crippen molar-refractivity contribution in [2.45, 2.75) is 63.8 Å². The molecule has 5 nitrogen and oxygen atoms in total. The molecular formula is C21H31N3O2. The van der Waals surface area contributed by atoms with E-state index in [1.165, 1.54) is 37.9 Å². The number of carbonyl (C=O) groups is 1. The molecular weight excluding hydrogens is 326 g/mol. The van der Waals surface area contributed by atoms with Gasteiger partial charge in [0, 0.05) is 32.0 Å². The summed E-state index contributed by atoms with van der Waals surface area (Å²) in [7, 11) is 0. The van der Waals surface area contributed by atoms with Crippen molar-refractivity contribution in [2.24, 2.45) is 0 Å². The van der Waals surface area contributed by atoms with Crippen molar-refractivity contribution in [3.8, 4) is 5.88 Å². The zero-order valence-corrected chi connectivity index (χ0v) is 15.8. The fourth-order valence-corrected chi connectivity index (χ4v) is 4.64. The Morgan fingerprint density at radius 1 is 1.04 bits per heavy atom. The summed E-state index contributed by atoms with van der Waals surface area (Å²) < 4.78 is 5.93. The maximum atomic E-state index is 12.3. The lowest BCUT2D eigenvalue weighted by molar-refractivity contribution is -0.133. The van der Waals surface area contributed by atoms with Gasteiger partial charge in [-0.3, -0.25) is 4.79 Å². The number of carbonyl (C=O) groups excluding carboxylic acids is 1. The number of pyridine rings is 1. The van der Waals surface area contributed by atoms with E-state index >= 15 is 0 Å². The molecule has 1 unspecified atom stereocenters. The molecule has 2 fully saturated rings. The van der Waals surface area contributed by atoms with Crippen molar-refractivity contribution in [3.05, 3.63) is 23.4 Å². The Hall–Kier alpha value is -1.62. The van der Waals surface area contributed by atoms with Gasteiger partial charge in [-0.25, -0.2) is 4.98 Å². The number of rotatable bonds is 5. The molecule has 26 heavy (non-hydrogen) atoms. The molecule has 0 aliphatic carbocycles. The zero-order chi connectivity index (χ0) is 17.8. The van der Waals surface area contributed by atoms with Crippen LogP contribution in [0.5, 0.6) is 5.88 Å². The van der Waals surface area contributed by atoms with Crippen LogP contribution in [0.25, 0.3) is 0 Å². The number of aromatic nitrogens is 1. The number of piperidine rings is 1. The molecule has 3 aliphatic rings. The van der Waals surface area contributed by atoms with Crippen LogP contribution in [-0.4, -0.2) is 53.5 Å². The molecule has 3 aliphatic heterocycles. The third-order valence-corrected chi connectivity index (χ3v) is 6.06. The first-order chi connectivity index (χ1) is 12.8. The van der Waals surface area contributed by atoms with Gasteiger partial charge in [0.1, 0.15) is 0 Å². The van der Waals surface area contributed by atoms with E-state index in [0.717, 1.165) is 63.4 Å². The van der Waals surface area contributed by atoms with Crippen molar-refractivity contribution >= 4 is 5.91 Å². The maximum Gasteiger partial charge on any atom is 0.223 e. The first kappa shape index (κ1) is 17.8. The van der Waals surface area contributed by atoms with Gasteiger partial charge in [-0.1, -0.05) is 12.8 Å². The Kier molecular flexibility index (Phi) is 5.73. The highest BCUT2D eigenvalue weighted by molar-refractivity contribution is 5.77. The lowest BCUT2D eigenvalue weighted by Gasteiger charge is -2.35. The fraction of sp³-hybridized carbons (Fsp3) is 0.714. The lowest BCUT2D eigenvalue weighted by Crippen LogP contribution is -2.39. The molecule has 4 rings (SSSR count). The Morgan fingerprint density at radius 3 is 2.81 bits per heavy atom. The van der Waals surface area contributed by atoms with Crippen LogP contribution in [0.3, 0.4) is 0 Å². The smallest absolute Gasteiger partial charge is 0.223 e. The standard InChI is InChI=1S/C21H31N3O2/c25-21-8-3-2-7-19-17-9-10-20(22-18(17)11-15-24(19)21)26-16-6-14-23-12-4-1-5-13-23/h9-10,19H,1-8,11-16H2. The van der Waals surface area contributed by atoms with Crippen molar-refractivity contribution < 1.29 is 9.53 Å². The van der Waals surface area contributed by atoms with Crippen LogP contribution >= 0.6 is 0 Å². The third-order valence-electron chi connectivity index (χ3n) is 6.06. The highest BCUT2D eigenvalue weighted by atomic mass is 16.5. The van der Waals surface area contributed by atoms with Crippen molar-refractivity contribution in [1.82, 2.24) is 14.8 Å². The van der Waals surface area contributed by atoms with Crippen LogP contribution in [0.4, 0.5) is 0 Å². The third kappa shape index (κ3) is 4.03. The second kappa shape index (κ2) is 8.38. The van der Waals surface area contributed by atoms with Crippen LogP contribution < -0.4 is 4.74 Å². The molecule has 1 atom stereocenters. The summed E-state index contributed by atoms with van der Waals surface area (Å²) in [4.78, 5) is 21.7. The van der Waals surface area contributed by atoms with Crippen molar-refractivity contribution in [1.29, 1.82) is 0 Å². The Labute approximate surface area is 156 Å². The molecule has 0 N–H and O–H groups in total. The molecule has 5 heteroatoms. The topological polar surface area (TPSA) is 45.7 Å². The summed E-state index contributed by atoms with van der Waals surface area (Å²) in [6.07, 6.45) is 9.89. The molecule has 2 saturated heterocycles. The minimum Gasteiger partial charge on any atom is -0.478 e. The molecule has 0 radical (unpaired) electrons. The summed E-state index contributed by atoms with van der Waals surface area (Å²) in [5.74, 6) is 1.06. The van der Waals surface area contributed by atoms with Gasteiger partial charge in [0.25, 0.3) is 0 Å². The van der Waals surface area contributed by atoms with Gasteiger partial charge in [0.05, 0.1) is 18.3 Å². The number of ether oxygens (including phenoxy) is 1. The average molecular weight is 357 g/mol. The molecule has 142 valence electrons. The average Bonchev–Trinajstić information content (AvgIpc) is 2.87. The van der Waals surface area contributed by atoms with Crippen LogP contribution in [0.2, 0.25) is 0 Å². The second-order valence-electron chi connectivity index (χ2n) is 7.89. The van der Waals surface area contributed by atoms with E-state index in [4.69, 9.17) is 9.72 Å². The summed E-state index contributed by atoms with van der Waals surface area (Å²) in [5.41, 5.74) is 2.38. The molecule has 4 heterocycles. The SMILES string of the molecule is O=C1CCCCC2c3ccc(OCCCN4CCCCC4)nc3CCN12. The number of nitrogens with zero attached hydrogens (tertiary/aromatic N) is 3. The molecule has 0 spiro atoms. The normalized spacial score (nSPS) is 23.9. The van der Waals surface area contributed by atoms with Crippen LogP contribution in [0, 0.1) is 0 Å². The molecule has 0 bridgehead atoms. The number of fused-ring (bicyclic) bond motifs is 3. The molecule has 0 saturated carbocycles. The number of hydrogen-bond acceptors (Lipinski definition) is 4. The summed E-state index contributed by atoms with van der Waals surface area (Å²) >= 11 is 0. The molecule has 0 aromatic carbocycles. The summed E-state index contributed by atoms with van der Waals surface area (Å²) in [6, 6.07) is 4.38. The predicted octanol–water partition coefficient (Wildman–Crippen LogP) is 3.34. The number of amides is 1. The lowest BCUT2D eigenvalue weighted by atomic mass is 9.94. The van der Waals surface area contributed by atoms with E-state index in [0.29, 0.717) is 12.3 Å². The van der Waals surface area contributed by atoms with E-state index in [1.807, 2.05) is 6.07 Å². The highest BCUT2D eigenvalue weighted by Gasteiger charge is 2.32. The summed E-state index contributed by atoms with van der Waals surface area (Å²) in [5, 5.41) is 0. The number of hydrogen-bond donors (Lipinski definition) is 0. The predicted molar refractivity (Wildman–Crippen MR) is 101 cm³/mol. The van der Waals surface area contributed by atoms with E-state index in [9.17, 15) is 4.79 Å². The van der Waals surface area contributed by atoms with Crippen LogP contribution in [0.15, 0.2) is 12.1 Å². The van der Waals surface area contributed by atoms with Crippen LogP contribution in [0.1, 0.15) is 68.7 Å². The van der Waals surface area contributed by atoms with Crippen LogP contribution in [-0.2, 0) is 11.2 Å². The highest BCUT2D eigenvalue weighted by Crippen LogP contribution is 2.36. The zero-order valence-electron chi connectivity index (χ0n) is 15.8. The quantitative estimate of drug-likeness (QED) is 0.758. The van der Waals surface area contributed by atoms with Gasteiger partial charge in [-0.2, -0.15) is 0 Å². The van der Waals surface area contributed by atoms with Gasteiger partial charge < -0.3 is 14.5 Å². The van der Waals surface area contributed by atoms with E-state index < -0.39 is 0 Å². The minimum absolute atomic E-state index is 0.231. The Morgan fingerprint density at radius 2 is 1.92 bits per heavy atom. The molecule has 1 aromatic rings. The molecule has 1 aromatic heterocycles. The first-order valence-corrected chi connectivity index (χ1v) is 10.5. The summed E-state index contributed by atoms with van der Waals surface area (Å²) in [6.45, 7) is 5.16. The van der Waals surface area contributed by atoms with Crippen molar-refractivity contribution in [2.75, 3.05) is 32.8 Å². The van der Waals surface area contributed by atoms with E-state index in [-0.39, 0.29) is 6.04 Å². The van der Waals surface area contributed by atoms with Gasteiger partial charge >= 0.3 is 0 Å².